The number of carbonyl (C=O) groups excluding carboxylic acids is 2. The van der Waals surface area contributed by atoms with E-state index in [-0.39, 0.29) is 46.7 Å². The monoisotopic (exact) mass is 429 g/mol. The van der Waals surface area contributed by atoms with Gasteiger partial charge in [0.05, 0.1) is 17.3 Å². The lowest BCUT2D eigenvalue weighted by Gasteiger charge is -2.30. The van der Waals surface area contributed by atoms with Crippen molar-refractivity contribution < 1.29 is 22.7 Å². The van der Waals surface area contributed by atoms with Gasteiger partial charge in [-0.1, -0.05) is 31.4 Å². The van der Waals surface area contributed by atoms with Gasteiger partial charge in [-0.05, 0) is 24.8 Å². The molecule has 8 nitrogen and oxygen atoms in total. The predicted octanol–water partition coefficient (Wildman–Crippen LogP) is 1.99. The van der Waals surface area contributed by atoms with Crippen LogP contribution >= 0.6 is 11.6 Å². The molecule has 2 aliphatic rings. The summed E-state index contributed by atoms with van der Waals surface area (Å²) in [6, 6.07) is 2.67. The minimum absolute atomic E-state index is 0.0577. The van der Waals surface area contributed by atoms with Crippen molar-refractivity contribution in [2.45, 2.75) is 43.5 Å². The second kappa shape index (κ2) is 8.26. The van der Waals surface area contributed by atoms with Crippen LogP contribution in [-0.2, 0) is 19.6 Å². The largest absolute Gasteiger partial charge is 0.482 e. The molecular weight excluding hydrogens is 406 g/mol. The van der Waals surface area contributed by atoms with E-state index in [1.807, 2.05) is 0 Å². The van der Waals surface area contributed by atoms with Crippen molar-refractivity contribution in [3.05, 3.63) is 17.2 Å². The lowest BCUT2D eigenvalue weighted by Crippen LogP contribution is -2.46. The highest BCUT2D eigenvalue weighted by molar-refractivity contribution is 7.89. The molecule has 0 bridgehead atoms. The van der Waals surface area contributed by atoms with Gasteiger partial charge in [0, 0.05) is 19.2 Å². The average Bonchev–Trinajstić information content (AvgIpc) is 2.62. The van der Waals surface area contributed by atoms with Crippen LogP contribution in [0.3, 0.4) is 0 Å². The fourth-order valence-electron chi connectivity index (χ4n) is 3.52. The number of ether oxygens (including phenoxy) is 1. The number of hydrogen-bond donors (Lipinski definition) is 2. The van der Waals surface area contributed by atoms with Gasteiger partial charge in [0.2, 0.25) is 15.9 Å². The molecule has 1 aliphatic carbocycles. The molecule has 0 spiro atoms. The number of likely N-dealkylation sites (N-methyl/N-ethyl adjacent to an activating group) is 1. The van der Waals surface area contributed by atoms with E-state index in [1.54, 1.807) is 0 Å². The summed E-state index contributed by atoms with van der Waals surface area (Å²) in [6.45, 7) is 1.58. The number of benzene rings is 1. The number of carbonyl (C=O) groups is 2. The molecule has 1 fully saturated rings. The van der Waals surface area contributed by atoms with E-state index in [2.05, 4.69) is 17.6 Å². The maximum Gasteiger partial charge on any atom is 0.262 e. The van der Waals surface area contributed by atoms with E-state index in [9.17, 15) is 18.0 Å². The highest BCUT2D eigenvalue weighted by atomic mass is 35.5. The fraction of sp³-hybridized carbons (Fsp3) is 0.556. The molecule has 2 N–H and O–H groups in total. The molecule has 2 unspecified atom stereocenters. The number of nitrogens with zero attached hydrogens (tertiary/aromatic N) is 1. The topological polar surface area (TPSA) is 105 Å². The Balaban J connectivity index is 1.73. The highest BCUT2D eigenvalue weighted by Crippen LogP contribution is 2.36. The summed E-state index contributed by atoms with van der Waals surface area (Å²) >= 11 is 6.14. The van der Waals surface area contributed by atoms with E-state index in [1.165, 1.54) is 19.2 Å². The summed E-state index contributed by atoms with van der Waals surface area (Å²) in [5.74, 6) is -0.0918. The number of anilines is 1. The summed E-state index contributed by atoms with van der Waals surface area (Å²) in [4.78, 5) is 23.6. The Morgan fingerprint density at radius 2 is 2.07 bits per heavy atom. The molecule has 2 atom stereocenters. The van der Waals surface area contributed by atoms with Crippen LogP contribution in [0.15, 0.2) is 17.0 Å². The van der Waals surface area contributed by atoms with Crippen LogP contribution in [0.1, 0.15) is 32.6 Å². The molecule has 0 aromatic heterocycles. The standard InChI is InChI=1S/C18H24ClN3O5S/c1-11-5-3-4-6-13(11)20-17(23)9-22(2)28(25,26)16-8-15-14(7-12(16)19)21-18(24)10-27-15/h7-8,11,13H,3-6,9-10H2,1-2H3,(H,20,23)(H,21,24). The quantitative estimate of drug-likeness (QED) is 0.744. The number of halogens is 1. The molecule has 3 rings (SSSR count). The van der Waals surface area contributed by atoms with Crippen LogP contribution in [0.4, 0.5) is 5.69 Å². The Morgan fingerprint density at radius 1 is 1.36 bits per heavy atom. The van der Waals surface area contributed by atoms with E-state index in [0.29, 0.717) is 11.6 Å². The zero-order valence-corrected chi connectivity index (χ0v) is 17.4. The van der Waals surface area contributed by atoms with Crippen LogP contribution in [0.25, 0.3) is 0 Å². The third kappa shape index (κ3) is 4.42. The van der Waals surface area contributed by atoms with Crippen LogP contribution in [0, 0.1) is 5.92 Å². The molecule has 28 heavy (non-hydrogen) atoms. The Morgan fingerprint density at radius 3 is 2.79 bits per heavy atom. The lowest BCUT2D eigenvalue weighted by molar-refractivity contribution is -0.122. The SMILES string of the molecule is CC1CCCCC1NC(=O)CN(C)S(=O)(=O)c1cc2c(cc1Cl)NC(=O)CO2. The fourth-order valence-corrected chi connectivity index (χ4v) is 5.16. The second-order valence-electron chi connectivity index (χ2n) is 7.31. The van der Waals surface area contributed by atoms with Crippen LogP contribution in [0.5, 0.6) is 5.75 Å². The van der Waals surface area contributed by atoms with Crippen molar-refractivity contribution in [3.8, 4) is 5.75 Å². The van der Waals surface area contributed by atoms with Crippen molar-refractivity contribution in [1.29, 1.82) is 0 Å². The van der Waals surface area contributed by atoms with Crippen molar-refractivity contribution in [2.75, 3.05) is 25.5 Å². The zero-order valence-electron chi connectivity index (χ0n) is 15.8. The predicted molar refractivity (Wildman–Crippen MR) is 105 cm³/mol. The smallest absolute Gasteiger partial charge is 0.262 e. The molecule has 0 saturated heterocycles. The molecule has 1 aromatic rings. The van der Waals surface area contributed by atoms with Crippen molar-refractivity contribution in [3.63, 3.8) is 0 Å². The Labute approximate surface area is 169 Å². The first-order chi connectivity index (χ1) is 13.2. The van der Waals surface area contributed by atoms with Crippen molar-refractivity contribution >= 4 is 39.1 Å². The molecule has 10 heteroatoms. The number of amides is 2. The van der Waals surface area contributed by atoms with Crippen LogP contribution in [-0.4, -0.2) is 50.8 Å². The third-order valence-electron chi connectivity index (χ3n) is 5.18. The first kappa shape index (κ1) is 20.9. The van der Waals surface area contributed by atoms with Gasteiger partial charge in [-0.3, -0.25) is 9.59 Å². The normalized spacial score (nSPS) is 22.2. The van der Waals surface area contributed by atoms with Crippen molar-refractivity contribution in [1.82, 2.24) is 9.62 Å². The van der Waals surface area contributed by atoms with Gasteiger partial charge < -0.3 is 15.4 Å². The third-order valence-corrected chi connectivity index (χ3v) is 7.45. The number of nitrogens with one attached hydrogen (secondary N) is 2. The molecule has 2 amide bonds. The van der Waals surface area contributed by atoms with Gasteiger partial charge >= 0.3 is 0 Å². The Kier molecular flexibility index (Phi) is 6.16. The van der Waals surface area contributed by atoms with Gasteiger partial charge in [0.1, 0.15) is 10.6 Å². The number of hydrogen-bond acceptors (Lipinski definition) is 5. The van der Waals surface area contributed by atoms with Gasteiger partial charge in [0.15, 0.2) is 6.61 Å². The highest BCUT2D eigenvalue weighted by Gasteiger charge is 2.30. The van der Waals surface area contributed by atoms with E-state index in [4.69, 9.17) is 16.3 Å². The average molecular weight is 430 g/mol. The molecule has 0 radical (unpaired) electrons. The second-order valence-corrected chi connectivity index (χ2v) is 9.73. The van der Waals surface area contributed by atoms with Crippen molar-refractivity contribution in [2.24, 2.45) is 5.92 Å². The van der Waals surface area contributed by atoms with Gasteiger partial charge in [0.25, 0.3) is 5.91 Å². The Bertz CT molecular complexity index is 889. The van der Waals surface area contributed by atoms with Crippen LogP contribution in [0.2, 0.25) is 5.02 Å². The minimum atomic E-state index is -4.02. The molecule has 1 aliphatic heterocycles. The summed E-state index contributed by atoms with van der Waals surface area (Å²) in [5, 5.41) is 5.45. The maximum absolute atomic E-state index is 12.9. The summed E-state index contributed by atoms with van der Waals surface area (Å²) < 4.78 is 32.1. The molecule has 1 aromatic carbocycles. The Hall–Kier alpha value is -1.84. The van der Waals surface area contributed by atoms with E-state index < -0.39 is 10.0 Å². The summed E-state index contributed by atoms with van der Waals surface area (Å²) in [5.41, 5.74) is 0.312. The molecule has 1 heterocycles. The molecule has 154 valence electrons. The van der Waals surface area contributed by atoms with E-state index >= 15 is 0 Å². The summed E-state index contributed by atoms with van der Waals surface area (Å²) in [7, 11) is -2.69. The summed E-state index contributed by atoms with van der Waals surface area (Å²) in [6.07, 6.45) is 4.18. The van der Waals surface area contributed by atoms with Gasteiger partial charge in [-0.15, -0.1) is 0 Å². The maximum atomic E-state index is 12.9. The number of fused-ring (bicyclic) bond motifs is 1. The first-order valence-corrected chi connectivity index (χ1v) is 11.0. The number of sulfonamides is 1. The zero-order chi connectivity index (χ0) is 20.5. The minimum Gasteiger partial charge on any atom is -0.482 e. The lowest BCUT2D eigenvalue weighted by atomic mass is 9.86. The molecular formula is C18H24ClN3O5S. The van der Waals surface area contributed by atoms with Gasteiger partial charge in [-0.2, -0.15) is 4.31 Å². The number of rotatable bonds is 5. The van der Waals surface area contributed by atoms with Crippen LogP contribution < -0.4 is 15.4 Å². The van der Waals surface area contributed by atoms with Gasteiger partial charge in [-0.25, -0.2) is 8.42 Å². The first-order valence-electron chi connectivity index (χ1n) is 9.20. The molecule has 1 saturated carbocycles. The van der Waals surface area contributed by atoms with E-state index in [0.717, 1.165) is 30.0 Å².